The molecule has 0 aliphatic rings. The van der Waals surface area contributed by atoms with Crippen molar-refractivity contribution in [3.63, 3.8) is 0 Å². The number of rotatable bonds is 4. The van der Waals surface area contributed by atoms with Gasteiger partial charge in [-0.05, 0) is 113 Å². The number of anilines is 3. The molecule has 250 valence electrons. The van der Waals surface area contributed by atoms with E-state index in [9.17, 15) is 0 Å². The molecule has 0 aliphatic heterocycles. The summed E-state index contributed by atoms with van der Waals surface area (Å²) in [5.74, 6) is 0. The molecule has 1 aromatic heterocycles. The lowest BCUT2D eigenvalue weighted by Gasteiger charge is -2.27. The van der Waals surface area contributed by atoms with Gasteiger partial charge in [0.2, 0.25) is 0 Å². The second kappa shape index (κ2) is 11.2. The van der Waals surface area contributed by atoms with E-state index in [1.807, 2.05) is 12.1 Å². The first-order valence-corrected chi connectivity index (χ1v) is 18.6. The van der Waals surface area contributed by atoms with Crippen LogP contribution in [0, 0.1) is 0 Å². The highest BCUT2D eigenvalue weighted by Crippen LogP contribution is 2.46. The van der Waals surface area contributed by atoms with Crippen LogP contribution in [0.2, 0.25) is 0 Å². The van der Waals surface area contributed by atoms with Crippen molar-refractivity contribution in [2.75, 3.05) is 4.90 Å². The molecule has 0 bridgehead atoms. The molecule has 0 radical (unpaired) electrons. The molecule has 2 heteroatoms. The fourth-order valence-corrected chi connectivity index (χ4v) is 9.19. The minimum absolute atomic E-state index is 0.911. The Morgan fingerprint density at radius 2 is 0.833 bits per heavy atom. The van der Waals surface area contributed by atoms with E-state index < -0.39 is 0 Å². The Labute approximate surface area is 311 Å². The Balaban J connectivity index is 1.14. The van der Waals surface area contributed by atoms with E-state index in [4.69, 9.17) is 4.42 Å². The van der Waals surface area contributed by atoms with Gasteiger partial charge in [-0.2, -0.15) is 0 Å². The van der Waals surface area contributed by atoms with Crippen molar-refractivity contribution in [2.24, 2.45) is 0 Å². The molecule has 54 heavy (non-hydrogen) atoms. The van der Waals surface area contributed by atoms with Crippen LogP contribution < -0.4 is 4.90 Å². The third-order valence-corrected chi connectivity index (χ3v) is 11.5. The summed E-state index contributed by atoms with van der Waals surface area (Å²) in [7, 11) is 0. The second-order valence-corrected chi connectivity index (χ2v) is 14.4. The number of fused-ring (bicyclic) bond motifs is 5. The highest BCUT2D eigenvalue weighted by Gasteiger charge is 2.20. The summed E-state index contributed by atoms with van der Waals surface area (Å²) in [6.45, 7) is 0. The van der Waals surface area contributed by atoms with Gasteiger partial charge in [0.15, 0.2) is 0 Å². The molecule has 0 atom stereocenters. The minimum Gasteiger partial charge on any atom is -0.455 e. The van der Waals surface area contributed by atoms with Gasteiger partial charge < -0.3 is 9.32 Å². The van der Waals surface area contributed by atoms with Crippen molar-refractivity contribution in [1.82, 2.24) is 0 Å². The maximum atomic E-state index is 6.43. The Morgan fingerprint density at radius 1 is 0.315 bits per heavy atom. The van der Waals surface area contributed by atoms with Crippen LogP contribution in [0.1, 0.15) is 0 Å². The standard InChI is InChI=1S/C52H31NO/c1-2-13-37(14-3-1)53(38-28-26-32(27-29-38)40-16-9-20-45-41-15-4-5-21-47(41)54-52(40)45)39-30-36-25-24-35-11-7-18-43-42-17-6-10-33-22-23-34-12-8-19-44(50(34)48(33)42)46(31-39)51(36)49(35)43/h1-31H. The number of benzene rings is 10. The number of furan rings is 1. The molecule has 12 rings (SSSR count). The van der Waals surface area contributed by atoms with Gasteiger partial charge in [0.25, 0.3) is 0 Å². The zero-order chi connectivity index (χ0) is 35.3. The normalized spacial score (nSPS) is 12.1. The molecule has 12 aromatic rings. The molecule has 0 aliphatic carbocycles. The maximum absolute atomic E-state index is 6.43. The monoisotopic (exact) mass is 685 g/mol. The Kier molecular flexibility index (Phi) is 6.09. The van der Waals surface area contributed by atoms with Crippen molar-refractivity contribution in [3.8, 4) is 11.1 Å². The van der Waals surface area contributed by atoms with Crippen LogP contribution in [0.5, 0.6) is 0 Å². The van der Waals surface area contributed by atoms with Crippen molar-refractivity contribution < 1.29 is 4.42 Å². The first kappa shape index (κ1) is 29.4. The third-order valence-electron chi connectivity index (χ3n) is 11.5. The van der Waals surface area contributed by atoms with E-state index in [-0.39, 0.29) is 0 Å². The summed E-state index contributed by atoms with van der Waals surface area (Å²) in [5, 5.41) is 17.6. The van der Waals surface area contributed by atoms with Crippen LogP contribution >= 0.6 is 0 Å². The Morgan fingerprint density at radius 3 is 1.52 bits per heavy atom. The van der Waals surface area contributed by atoms with E-state index in [0.29, 0.717) is 0 Å². The van der Waals surface area contributed by atoms with Gasteiger partial charge in [0, 0.05) is 33.4 Å². The molecule has 0 spiro atoms. The van der Waals surface area contributed by atoms with E-state index in [1.54, 1.807) is 0 Å². The first-order valence-electron chi connectivity index (χ1n) is 18.6. The van der Waals surface area contributed by atoms with E-state index in [0.717, 1.165) is 50.1 Å². The van der Waals surface area contributed by atoms with Crippen molar-refractivity contribution in [2.45, 2.75) is 0 Å². The predicted octanol–water partition coefficient (Wildman–Crippen LogP) is 15.1. The summed E-state index contributed by atoms with van der Waals surface area (Å²) in [4.78, 5) is 2.39. The topological polar surface area (TPSA) is 16.4 Å². The van der Waals surface area contributed by atoms with Gasteiger partial charge in [-0.1, -0.05) is 146 Å². The van der Waals surface area contributed by atoms with Gasteiger partial charge in [-0.15, -0.1) is 0 Å². The average molecular weight is 686 g/mol. The van der Waals surface area contributed by atoms with Crippen LogP contribution in [-0.4, -0.2) is 0 Å². The molecule has 0 fully saturated rings. The molecular weight excluding hydrogens is 655 g/mol. The summed E-state index contributed by atoms with van der Waals surface area (Å²) in [5.41, 5.74) is 7.36. The summed E-state index contributed by atoms with van der Waals surface area (Å²) < 4.78 is 6.43. The Bertz CT molecular complexity index is 3430. The van der Waals surface area contributed by atoms with Crippen LogP contribution in [0.3, 0.4) is 0 Å². The zero-order valence-corrected chi connectivity index (χ0v) is 29.3. The molecule has 11 aromatic carbocycles. The quantitative estimate of drug-likeness (QED) is 0.172. The lowest BCUT2D eigenvalue weighted by atomic mass is 9.87. The largest absolute Gasteiger partial charge is 0.455 e. The third kappa shape index (κ3) is 4.17. The summed E-state index contributed by atoms with van der Waals surface area (Å²) >= 11 is 0. The lowest BCUT2D eigenvalue weighted by Crippen LogP contribution is -2.10. The first-order chi connectivity index (χ1) is 26.8. The van der Waals surface area contributed by atoms with E-state index in [1.165, 1.54) is 64.6 Å². The molecule has 0 saturated carbocycles. The minimum atomic E-state index is 0.911. The second-order valence-electron chi connectivity index (χ2n) is 14.4. The van der Waals surface area contributed by atoms with Gasteiger partial charge in [0.1, 0.15) is 11.2 Å². The molecule has 0 N–H and O–H groups in total. The molecule has 0 saturated heterocycles. The van der Waals surface area contributed by atoms with Crippen molar-refractivity contribution in [1.29, 1.82) is 0 Å². The molecule has 0 amide bonds. The molecule has 2 nitrogen and oxygen atoms in total. The van der Waals surface area contributed by atoms with Crippen molar-refractivity contribution in [3.05, 3.63) is 188 Å². The molecule has 1 heterocycles. The number of para-hydroxylation sites is 3. The molecular formula is C52H31NO. The number of hydrogen-bond acceptors (Lipinski definition) is 2. The number of hydrogen-bond donors (Lipinski definition) is 0. The summed E-state index contributed by atoms with van der Waals surface area (Å²) in [6, 6.07) is 68.7. The zero-order valence-electron chi connectivity index (χ0n) is 29.3. The fourth-order valence-electron chi connectivity index (χ4n) is 9.19. The van der Waals surface area contributed by atoms with Gasteiger partial charge >= 0.3 is 0 Å². The van der Waals surface area contributed by atoms with Crippen molar-refractivity contribution >= 4 is 104 Å². The summed E-state index contributed by atoms with van der Waals surface area (Å²) in [6.07, 6.45) is 0. The highest BCUT2D eigenvalue weighted by atomic mass is 16.3. The lowest BCUT2D eigenvalue weighted by molar-refractivity contribution is 0.670. The van der Waals surface area contributed by atoms with Crippen LogP contribution in [-0.2, 0) is 0 Å². The predicted molar refractivity (Wildman–Crippen MR) is 230 cm³/mol. The highest BCUT2D eigenvalue weighted by molar-refractivity contribution is 6.37. The van der Waals surface area contributed by atoms with Gasteiger partial charge in [0.05, 0.1) is 0 Å². The van der Waals surface area contributed by atoms with Gasteiger partial charge in [-0.3, -0.25) is 0 Å². The van der Waals surface area contributed by atoms with E-state index in [2.05, 4.69) is 181 Å². The Hall–Kier alpha value is -7.16. The van der Waals surface area contributed by atoms with E-state index >= 15 is 0 Å². The van der Waals surface area contributed by atoms with Crippen LogP contribution in [0.25, 0.3) is 97.7 Å². The smallest absolute Gasteiger partial charge is 0.143 e. The van der Waals surface area contributed by atoms with Gasteiger partial charge in [-0.25, -0.2) is 0 Å². The van der Waals surface area contributed by atoms with Crippen LogP contribution in [0.4, 0.5) is 17.1 Å². The SMILES string of the molecule is c1ccc(N(c2ccc(-c3cccc4c3oc3ccccc34)cc2)c2cc3ccc4cccc5c6cccc7ccc8cccc(c(c2)c3c45)c8c76)cc1. The fraction of sp³-hybridized carbons (Fsp3) is 0. The average Bonchev–Trinajstić information content (AvgIpc) is 3.62. The molecule has 0 unspecified atom stereocenters. The number of nitrogens with zero attached hydrogens (tertiary/aromatic N) is 1. The maximum Gasteiger partial charge on any atom is 0.143 e. The van der Waals surface area contributed by atoms with Crippen LogP contribution in [0.15, 0.2) is 192 Å².